The molecule has 2 aromatic rings. The lowest BCUT2D eigenvalue weighted by Gasteiger charge is -2.14. The van der Waals surface area contributed by atoms with Crippen molar-refractivity contribution in [3.05, 3.63) is 53.3 Å². The van der Waals surface area contributed by atoms with Crippen LogP contribution in [0.5, 0.6) is 17.2 Å². The minimum atomic E-state index is -0.553. The molecule has 0 spiro atoms. The van der Waals surface area contributed by atoms with Crippen LogP contribution in [-0.4, -0.2) is 33.1 Å². The molecule has 7 nitrogen and oxygen atoms in total. The van der Waals surface area contributed by atoms with Crippen LogP contribution in [0, 0.1) is 5.82 Å². The summed E-state index contributed by atoms with van der Waals surface area (Å²) < 4.78 is 28.5. The minimum absolute atomic E-state index is 0.0274. The van der Waals surface area contributed by atoms with Crippen LogP contribution < -0.4 is 25.1 Å². The van der Waals surface area contributed by atoms with Crippen LogP contribution >= 0.6 is 0 Å². The Morgan fingerprint density at radius 1 is 0.923 bits per heavy atom. The number of rotatable bonds is 6. The van der Waals surface area contributed by atoms with Gasteiger partial charge in [0.15, 0.2) is 11.5 Å². The first kappa shape index (κ1) is 19.0. The second-order valence-electron chi connectivity index (χ2n) is 5.22. The lowest BCUT2D eigenvalue weighted by atomic mass is 10.1. The number of hydrogen-bond acceptors (Lipinski definition) is 5. The quantitative estimate of drug-likeness (QED) is 0.766. The lowest BCUT2D eigenvalue weighted by molar-refractivity contribution is -0.121. The highest BCUT2D eigenvalue weighted by molar-refractivity contribution is 5.95. The van der Waals surface area contributed by atoms with Gasteiger partial charge in [-0.25, -0.2) is 4.39 Å². The second-order valence-corrected chi connectivity index (χ2v) is 5.22. The molecule has 2 amide bonds. The van der Waals surface area contributed by atoms with Crippen molar-refractivity contribution in [2.24, 2.45) is 0 Å². The topological polar surface area (TPSA) is 85.9 Å². The van der Waals surface area contributed by atoms with E-state index in [2.05, 4.69) is 10.9 Å². The third kappa shape index (κ3) is 4.62. The summed E-state index contributed by atoms with van der Waals surface area (Å²) in [7, 11) is 4.44. The SMILES string of the molecule is COc1cc(CC(=O)NNC(=O)c2ccc(F)cc2)cc(OC)c1OC. The molecule has 8 heteroatoms. The maximum Gasteiger partial charge on any atom is 0.269 e. The van der Waals surface area contributed by atoms with Gasteiger partial charge >= 0.3 is 0 Å². The summed E-state index contributed by atoms with van der Waals surface area (Å²) in [6.45, 7) is 0. The maximum absolute atomic E-state index is 12.9. The van der Waals surface area contributed by atoms with Crippen LogP contribution in [-0.2, 0) is 11.2 Å². The van der Waals surface area contributed by atoms with Crippen LogP contribution in [0.25, 0.3) is 0 Å². The average molecular weight is 362 g/mol. The van der Waals surface area contributed by atoms with Crippen LogP contribution in [0.15, 0.2) is 36.4 Å². The van der Waals surface area contributed by atoms with Gasteiger partial charge in [0, 0.05) is 5.56 Å². The number of nitrogens with one attached hydrogen (secondary N) is 2. The summed E-state index contributed by atoms with van der Waals surface area (Å²) in [6.07, 6.45) is -0.0274. The predicted octanol–water partition coefficient (Wildman–Crippen LogP) is 1.86. The molecule has 0 unspecified atom stereocenters. The fourth-order valence-corrected chi connectivity index (χ4v) is 2.27. The first-order valence-corrected chi connectivity index (χ1v) is 7.62. The number of halogens is 1. The third-order valence-electron chi connectivity index (χ3n) is 3.51. The van der Waals surface area contributed by atoms with Crippen molar-refractivity contribution < 1.29 is 28.2 Å². The minimum Gasteiger partial charge on any atom is -0.493 e. The van der Waals surface area contributed by atoms with E-state index in [1.807, 2.05) is 0 Å². The van der Waals surface area contributed by atoms with E-state index in [0.717, 1.165) is 12.1 Å². The second kappa shape index (κ2) is 8.70. The van der Waals surface area contributed by atoms with E-state index in [-0.39, 0.29) is 12.0 Å². The van der Waals surface area contributed by atoms with Gasteiger partial charge < -0.3 is 14.2 Å². The molecule has 0 heterocycles. The monoisotopic (exact) mass is 362 g/mol. The van der Waals surface area contributed by atoms with E-state index in [1.165, 1.54) is 33.5 Å². The number of ether oxygens (including phenoxy) is 3. The molecule has 0 aliphatic carbocycles. The molecule has 0 saturated carbocycles. The number of hydrazine groups is 1. The number of hydrogen-bond donors (Lipinski definition) is 2. The van der Waals surface area contributed by atoms with E-state index < -0.39 is 17.6 Å². The highest BCUT2D eigenvalue weighted by atomic mass is 19.1. The van der Waals surface area contributed by atoms with Crippen molar-refractivity contribution in [3.8, 4) is 17.2 Å². The van der Waals surface area contributed by atoms with Gasteiger partial charge in [0.2, 0.25) is 11.7 Å². The van der Waals surface area contributed by atoms with E-state index in [1.54, 1.807) is 12.1 Å². The van der Waals surface area contributed by atoms with Gasteiger partial charge in [-0.05, 0) is 42.0 Å². The number of amides is 2. The average Bonchev–Trinajstić information content (AvgIpc) is 2.65. The molecule has 0 aromatic heterocycles. The van der Waals surface area contributed by atoms with Gasteiger partial charge in [0.1, 0.15) is 5.82 Å². The van der Waals surface area contributed by atoms with Gasteiger partial charge in [0.25, 0.3) is 5.91 Å². The Morgan fingerprint density at radius 2 is 1.50 bits per heavy atom. The molecule has 2 N–H and O–H groups in total. The summed E-state index contributed by atoms with van der Waals surface area (Å²) in [5.41, 5.74) is 5.40. The van der Waals surface area contributed by atoms with Crippen molar-refractivity contribution in [2.75, 3.05) is 21.3 Å². The van der Waals surface area contributed by atoms with Crippen molar-refractivity contribution >= 4 is 11.8 Å². The number of carbonyl (C=O) groups excluding carboxylic acids is 2. The molecule has 2 rings (SSSR count). The summed E-state index contributed by atoms with van der Waals surface area (Å²) in [6, 6.07) is 8.23. The molecule has 26 heavy (non-hydrogen) atoms. The van der Waals surface area contributed by atoms with Crippen molar-refractivity contribution in [2.45, 2.75) is 6.42 Å². The molecule has 0 atom stereocenters. The van der Waals surface area contributed by atoms with Crippen LogP contribution in [0.1, 0.15) is 15.9 Å². The Kier molecular flexibility index (Phi) is 6.37. The molecule has 138 valence electrons. The Bertz CT molecular complexity index is 768. The molecule has 0 fully saturated rings. The maximum atomic E-state index is 12.9. The van der Waals surface area contributed by atoms with Crippen LogP contribution in [0.4, 0.5) is 4.39 Å². The summed E-state index contributed by atoms with van der Waals surface area (Å²) in [5, 5.41) is 0. The normalized spacial score (nSPS) is 10.0. The van der Waals surface area contributed by atoms with Gasteiger partial charge in [-0.2, -0.15) is 0 Å². The zero-order valence-electron chi connectivity index (χ0n) is 14.6. The number of benzene rings is 2. The standard InChI is InChI=1S/C18H19FN2O5/c1-24-14-8-11(9-15(25-2)17(14)26-3)10-16(22)20-21-18(23)12-4-6-13(19)7-5-12/h4-9H,10H2,1-3H3,(H,20,22)(H,21,23). The predicted molar refractivity (Wildman–Crippen MR) is 91.8 cm³/mol. The largest absolute Gasteiger partial charge is 0.493 e. The van der Waals surface area contributed by atoms with Crippen molar-refractivity contribution in [1.29, 1.82) is 0 Å². The van der Waals surface area contributed by atoms with Gasteiger partial charge in [-0.3, -0.25) is 20.4 Å². The number of methoxy groups -OCH3 is 3. The molecule has 0 radical (unpaired) electrons. The van der Waals surface area contributed by atoms with Crippen LogP contribution in [0.2, 0.25) is 0 Å². The molecule has 2 aromatic carbocycles. The lowest BCUT2D eigenvalue weighted by Crippen LogP contribution is -2.42. The van der Waals surface area contributed by atoms with Crippen molar-refractivity contribution in [1.82, 2.24) is 10.9 Å². The summed E-state index contributed by atoms with van der Waals surface area (Å²) in [4.78, 5) is 23.9. The zero-order valence-corrected chi connectivity index (χ0v) is 14.6. The Labute approximate surface area is 150 Å². The molecular weight excluding hydrogens is 343 g/mol. The molecule has 0 aliphatic rings. The van der Waals surface area contributed by atoms with Gasteiger partial charge in [-0.1, -0.05) is 0 Å². The fourth-order valence-electron chi connectivity index (χ4n) is 2.27. The Morgan fingerprint density at radius 3 is 2.00 bits per heavy atom. The first-order valence-electron chi connectivity index (χ1n) is 7.62. The van der Waals surface area contributed by atoms with Gasteiger partial charge in [0.05, 0.1) is 27.8 Å². The van der Waals surface area contributed by atoms with E-state index in [9.17, 15) is 14.0 Å². The van der Waals surface area contributed by atoms with Gasteiger partial charge in [-0.15, -0.1) is 0 Å². The zero-order chi connectivity index (χ0) is 19.1. The Balaban J connectivity index is 2.01. The summed E-state index contributed by atoms with van der Waals surface area (Å²) in [5.74, 6) is -0.190. The molecule has 0 bridgehead atoms. The highest BCUT2D eigenvalue weighted by Crippen LogP contribution is 2.38. The van der Waals surface area contributed by atoms with Crippen LogP contribution in [0.3, 0.4) is 0 Å². The first-order chi connectivity index (χ1) is 12.5. The molecule has 0 saturated heterocycles. The summed E-state index contributed by atoms with van der Waals surface area (Å²) >= 11 is 0. The smallest absolute Gasteiger partial charge is 0.269 e. The molecule has 0 aliphatic heterocycles. The van der Waals surface area contributed by atoms with E-state index in [4.69, 9.17) is 14.2 Å². The highest BCUT2D eigenvalue weighted by Gasteiger charge is 2.15. The third-order valence-corrected chi connectivity index (χ3v) is 3.51. The number of carbonyl (C=O) groups is 2. The van der Waals surface area contributed by atoms with E-state index >= 15 is 0 Å². The van der Waals surface area contributed by atoms with Crippen molar-refractivity contribution in [3.63, 3.8) is 0 Å². The Hall–Kier alpha value is -3.29. The molecular formula is C18H19FN2O5. The fraction of sp³-hybridized carbons (Fsp3) is 0.222. The van der Waals surface area contributed by atoms with E-state index in [0.29, 0.717) is 22.8 Å².